The Hall–Kier alpha value is -1.11. The standard InChI is InChI=1S/C11H13F/c1-3-9(2)7-10-5-4-6-11(12)8-10/h4-8H,3H2,1-2H3. The Morgan fingerprint density at radius 2 is 2.25 bits per heavy atom. The Labute approximate surface area is 72.7 Å². The molecule has 0 saturated heterocycles. The molecule has 0 aromatic heterocycles. The van der Waals surface area contributed by atoms with E-state index >= 15 is 0 Å². The summed E-state index contributed by atoms with van der Waals surface area (Å²) in [6.07, 6.45) is 3.01. The zero-order valence-corrected chi connectivity index (χ0v) is 7.47. The number of hydrogen-bond donors (Lipinski definition) is 0. The molecule has 0 aliphatic heterocycles. The van der Waals surface area contributed by atoms with E-state index in [2.05, 4.69) is 6.92 Å². The predicted octanol–water partition coefficient (Wildman–Crippen LogP) is 3.64. The van der Waals surface area contributed by atoms with Crippen molar-refractivity contribution in [3.05, 3.63) is 41.2 Å². The molecule has 64 valence electrons. The van der Waals surface area contributed by atoms with Crippen LogP contribution in [0.15, 0.2) is 29.8 Å². The van der Waals surface area contributed by atoms with E-state index in [-0.39, 0.29) is 5.82 Å². The van der Waals surface area contributed by atoms with Crippen molar-refractivity contribution >= 4 is 6.08 Å². The van der Waals surface area contributed by atoms with E-state index in [1.54, 1.807) is 12.1 Å². The van der Waals surface area contributed by atoms with Crippen LogP contribution in [0.25, 0.3) is 6.08 Å². The lowest BCUT2D eigenvalue weighted by Crippen LogP contribution is -1.77. The Balaban J connectivity index is 2.89. The minimum absolute atomic E-state index is 0.173. The molecule has 0 unspecified atom stereocenters. The molecule has 0 atom stereocenters. The molecule has 0 fully saturated rings. The normalized spacial score (nSPS) is 11.8. The van der Waals surface area contributed by atoms with Crippen molar-refractivity contribution in [2.45, 2.75) is 20.3 Å². The average Bonchev–Trinajstić information content (AvgIpc) is 2.04. The first-order valence-electron chi connectivity index (χ1n) is 4.15. The van der Waals surface area contributed by atoms with E-state index in [1.807, 2.05) is 19.1 Å². The van der Waals surface area contributed by atoms with Gasteiger partial charge in [-0.15, -0.1) is 0 Å². The lowest BCUT2D eigenvalue weighted by atomic mass is 10.1. The van der Waals surface area contributed by atoms with E-state index in [1.165, 1.54) is 11.6 Å². The summed E-state index contributed by atoms with van der Waals surface area (Å²) in [6, 6.07) is 6.63. The highest BCUT2D eigenvalue weighted by Gasteiger charge is 1.91. The Kier molecular flexibility index (Phi) is 3.03. The first-order chi connectivity index (χ1) is 5.72. The fraction of sp³-hybridized carbons (Fsp3) is 0.273. The van der Waals surface area contributed by atoms with Crippen LogP contribution in [0.4, 0.5) is 4.39 Å². The van der Waals surface area contributed by atoms with Crippen molar-refractivity contribution in [1.29, 1.82) is 0 Å². The smallest absolute Gasteiger partial charge is 0.123 e. The van der Waals surface area contributed by atoms with Gasteiger partial charge in [0.2, 0.25) is 0 Å². The molecule has 0 aliphatic rings. The maximum absolute atomic E-state index is 12.7. The van der Waals surface area contributed by atoms with Crippen LogP contribution in [0, 0.1) is 5.82 Å². The van der Waals surface area contributed by atoms with Crippen molar-refractivity contribution in [3.63, 3.8) is 0 Å². The molecular weight excluding hydrogens is 151 g/mol. The molecular formula is C11H13F. The van der Waals surface area contributed by atoms with Crippen molar-refractivity contribution in [2.24, 2.45) is 0 Å². The molecule has 1 aromatic rings. The summed E-state index contributed by atoms with van der Waals surface area (Å²) in [5, 5.41) is 0. The molecule has 12 heavy (non-hydrogen) atoms. The molecule has 0 spiro atoms. The third-order valence-corrected chi connectivity index (χ3v) is 1.82. The highest BCUT2D eigenvalue weighted by molar-refractivity contribution is 5.52. The van der Waals surface area contributed by atoms with Gasteiger partial charge in [-0.1, -0.05) is 30.7 Å². The Morgan fingerprint density at radius 3 is 2.83 bits per heavy atom. The van der Waals surface area contributed by atoms with Crippen LogP contribution in [0.5, 0.6) is 0 Å². The first kappa shape index (κ1) is 8.98. The molecule has 0 N–H and O–H groups in total. The van der Waals surface area contributed by atoms with Gasteiger partial charge in [0.05, 0.1) is 0 Å². The van der Waals surface area contributed by atoms with Gasteiger partial charge >= 0.3 is 0 Å². The Morgan fingerprint density at radius 1 is 1.50 bits per heavy atom. The van der Waals surface area contributed by atoms with Gasteiger partial charge in [0.1, 0.15) is 5.82 Å². The van der Waals surface area contributed by atoms with Gasteiger partial charge in [0.25, 0.3) is 0 Å². The molecule has 0 heterocycles. The highest BCUT2D eigenvalue weighted by atomic mass is 19.1. The summed E-state index contributed by atoms with van der Waals surface area (Å²) in [7, 11) is 0. The predicted molar refractivity (Wildman–Crippen MR) is 50.3 cm³/mol. The fourth-order valence-corrected chi connectivity index (χ4v) is 0.983. The third-order valence-electron chi connectivity index (χ3n) is 1.82. The largest absolute Gasteiger partial charge is 0.207 e. The second kappa shape index (κ2) is 4.05. The van der Waals surface area contributed by atoms with Gasteiger partial charge < -0.3 is 0 Å². The molecule has 0 bridgehead atoms. The van der Waals surface area contributed by atoms with Crippen LogP contribution >= 0.6 is 0 Å². The summed E-state index contributed by atoms with van der Waals surface area (Å²) in [6.45, 7) is 4.13. The van der Waals surface area contributed by atoms with Crippen LogP contribution in [0.3, 0.4) is 0 Å². The van der Waals surface area contributed by atoms with Gasteiger partial charge in [-0.25, -0.2) is 4.39 Å². The summed E-state index contributed by atoms with van der Waals surface area (Å²) in [4.78, 5) is 0. The zero-order valence-electron chi connectivity index (χ0n) is 7.47. The first-order valence-corrected chi connectivity index (χ1v) is 4.15. The van der Waals surface area contributed by atoms with Crippen LogP contribution in [-0.4, -0.2) is 0 Å². The number of allylic oxidation sites excluding steroid dienone is 1. The van der Waals surface area contributed by atoms with E-state index in [0.29, 0.717) is 0 Å². The van der Waals surface area contributed by atoms with E-state index in [0.717, 1.165) is 12.0 Å². The van der Waals surface area contributed by atoms with E-state index in [4.69, 9.17) is 0 Å². The van der Waals surface area contributed by atoms with Crippen molar-refractivity contribution < 1.29 is 4.39 Å². The molecule has 0 amide bonds. The molecule has 0 nitrogen and oxygen atoms in total. The third kappa shape index (κ3) is 2.50. The second-order valence-corrected chi connectivity index (χ2v) is 2.90. The molecule has 1 aromatic carbocycles. The summed E-state index contributed by atoms with van der Waals surface area (Å²) in [5.74, 6) is -0.173. The minimum Gasteiger partial charge on any atom is -0.207 e. The van der Waals surface area contributed by atoms with E-state index in [9.17, 15) is 4.39 Å². The second-order valence-electron chi connectivity index (χ2n) is 2.90. The van der Waals surface area contributed by atoms with Crippen molar-refractivity contribution in [3.8, 4) is 0 Å². The van der Waals surface area contributed by atoms with Crippen molar-refractivity contribution in [1.82, 2.24) is 0 Å². The average molecular weight is 164 g/mol. The van der Waals surface area contributed by atoms with Crippen LogP contribution < -0.4 is 0 Å². The fourth-order valence-electron chi connectivity index (χ4n) is 0.983. The molecule has 1 rings (SSSR count). The minimum atomic E-state index is -0.173. The maximum atomic E-state index is 12.7. The van der Waals surface area contributed by atoms with Gasteiger partial charge in [-0.3, -0.25) is 0 Å². The molecule has 0 saturated carbocycles. The van der Waals surface area contributed by atoms with Crippen LogP contribution in [0.1, 0.15) is 25.8 Å². The van der Waals surface area contributed by atoms with Crippen LogP contribution in [-0.2, 0) is 0 Å². The quantitative estimate of drug-likeness (QED) is 0.626. The van der Waals surface area contributed by atoms with Gasteiger partial charge in [0, 0.05) is 0 Å². The summed E-state index contributed by atoms with van der Waals surface area (Å²) < 4.78 is 12.7. The number of halogens is 1. The number of hydrogen-bond acceptors (Lipinski definition) is 0. The zero-order chi connectivity index (χ0) is 8.97. The topological polar surface area (TPSA) is 0 Å². The summed E-state index contributed by atoms with van der Waals surface area (Å²) >= 11 is 0. The lowest BCUT2D eigenvalue weighted by molar-refractivity contribution is 0.627. The monoisotopic (exact) mass is 164 g/mol. The molecule has 0 aliphatic carbocycles. The van der Waals surface area contributed by atoms with Gasteiger partial charge in [0.15, 0.2) is 0 Å². The van der Waals surface area contributed by atoms with Gasteiger partial charge in [-0.2, -0.15) is 0 Å². The number of benzene rings is 1. The van der Waals surface area contributed by atoms with Gasteiger partial charge in [-0.05, 0) is 31.0 Å². The SMILES string of the molecule is CCC(C)=Cc1cccc(F)c1. The molecule has 1 heteroatoms. The molecule has 0 radical (unpaired) electrons. The number of rotatable bonds is 2. The van der Waals surface area contributed by atoms with E-state index < -0.39 is 0 Å². The van der Waals surface area contributed by atoms with Crippen molar-refractivity contribution in [2.75, 3.05) is 0 Å². The maximum Gasteiger partial charge on any atom is 0.123 e. The van der Waals surface area contributed by atoms with Crippen LogP contribution in [0.2, 0.25) is 0 Å². The Bertz CT molecular complexity index is 287. The highest BCUT2D eigenvalue weighted by Crippen LogP contribution is 2.10. The summed E-state index contributed by atoms with van der Waals surface area (Å²) in [5.41, 5.74) is 2.20. The lowest BCUT2D eigenvalue weighted by Gasteiger charge is -1.96.